The van der Waals surface area contributed by atoms with Crippen molar-refractivity contribution in [2.75, 3.05) is 6.54 Å². The Hall–Kier alpha value is -1.59. The zero-order valence-corrected chi connectivity index (χ0v) is 8.98. The standard InChI is InChI=1S/C13H16N2/c1-3-9-15-13(10-14)11(2)12-7-5-4-6-8-12/h3-8,11,13,15H,1,9H2,2H3. The summed E-state index contributed by atoms with van der Waals surface area (Å²) in [4.78, 5) is 0. The lowest BCUT2D eigenvalue weighted by Crippen LogP contribution is -2.32. The Balaban J connectivity index is 2.69. The fourth-order valence-electron chi connectivity index (χ4n) is 1.49. The second kappa shape index (κ2) is 6.00. The van der Waals surface area contributed by atoms with Crippen molar-refractivity contribution in [2.45, 2.75) is 18.9 Å². The van der Waals surface area contributed by atoms with Gasteiger partial charge in [0.05, 0.1) is 6.07 Å². The van der Waals surface area contributed by atoms with Crippen molar-refractivity contribution >= 4 is 0 Å². The summed E-state index contributed by atoms with van der Waals surface area (Å²) < 4.78 is 0. The van der Waals surface area contributed by atoms with E-state index >= 15 is 0 Å². The smallest absolute Gasteiger partial charge is 0.102 e. The number of hydrogen-bond acceptors (Lipinski definition) is 2. The van der Waals surface area contributed by atoms with E-state index in [1.165, 1.54) is 5.56 Å². The van der Waals surface area contributed by atoms with Crippen LogP contribution in [-0.2, 0) is 0 Å². The van der Waals surface area contributed by atoms with Gasteiger partial charge in [-0.05, 0) is 5.56 Å². The Morgan fingerprint density at radius 2 is 2.13 bits per heavy atom. The van der Waals surface area contributed by atoms with Gasteiger partial charge in [0.15, 0.2) is 0 Å². The number of nitrogens with zero attached hydrogens (tertiary/aromatic N) is 1. The van der Waals surface area contributed by atoms with Crippen LogP contribution in [0, 0.1) is 11.3 Å². The molecule has 0 fully saturated rings. The van der Waals surface area contributed by atoms with Crippen LogP contribution in [0.2, 0.25) is 0 Å². The van der Waals surface area contributed by atoms with E-state index in [1.54, 1.807) is 6.08 Å². The summed E-state index contributed by atoms with van der Waals surface area (Å²) in [5.74, 6) is 0.191. The third-order valence-electron chi connectivity index (χ3n) is 2.45. The Morgan fingerprint density at radius 1 is 1.47 bits per heavy atom. The molecule has 0 aliphatic carbocycles. The largest absolute Gasteiger partial charge is 0.298 e. The van der Waals surface area contributed by atoms with Crippen molar-refractivity contribution in [3.63, 3.8) is 0 Å². The van der Waals surface area contributed by atoms with Gasteiger partial charge in [0.2, 0.25) is 0 Å². The molecule has 0 spiro atoms. The molecule has 0 saturated heterocycles. The normalized spacial score (nSPS) is 13.9. The van der Waals surface area contributed by atoms with Crippen LogP contribution in [0.25, 0.3) is 0 Å². The van der Waals surface area contributed by atoms with E-state index in [4.69, 9.17) is 5.26 Å². The molecule has 0 bridgehead atoms. The number of benzene rings is 1. The maximum absolute atomic E-state index is 9.04. The summed E-state index contributed by atoms with van der Waals surface area (Å²) in [6.07, 6.45) is 1.77. The molecule has 2 atom stereocenters. The van der Waals surface area contributed by atoms with Crippen LogP contribution < -0.4 is 5.32 Å². The molecule has 1 rings (SSSR count). The number of rotatable bonds is 5. The maximum Gasteiger partial charge on any atom is 0.102 e. The predicted molar refractivity (Wildman–Crippen MR) is 62.5 cm³/mol. The number of hydrogen-bond donors (Lipinski definition) is 1. The quantitative estimate of drug-likeness (QED) is 0.741. The van der Waals surface area contributed by atoms with Crippen LogP contribution in [0.15, 0.2) is 43.0 Å². The molecule has 0 radical (unpaired) electrons. The summed E-state index contributed by atoms with van der Waals surface area (Å²) in [6.45, 7) is 6.34. The summed E-state index contributed by atoms with van der Waals surface area (Å²) in [6, 6.07) is 12.2. The highest BCUT2D eigenvalue weighted by atomic mass is 14.9. The van der Waals surface area contributed by atoms with Gasteiger partial charge in [-0.1, -0.05) is 43.3 Å². The monoisotopic (exact) mass is 200 g/mol. The maximum atomic E-state index is 9.04. The van der Waals surface area contributed by atoms with E-state index in [9.17, 15) is 0 Å². The second-order valence-electron chi connectivity index (χ2n) is 3.50. The van der Waals surface area contributed by atoms with Gasteiger partial charge in [-0.15, -0.1) is 6.58 Å². The molecule has 1 aromatic carbocycles. The van der Waals surface area contributed by atoms with E-state index in [-0.39, 0.29) is 12.0 Å². The van der Waals surface area contributed by atoms with Crippen LogP contribution >= 0.6 is 0 Å². The van der Waals surface area contributed by atoms with Gasteiger partial charge in [-0.25, -0.2) is 0 Å². The van der Waals surface area contributed by atoms with E-state index in [2.05, 4.69) is 24.9 Å². The molecule has 1 N–H and O–H groups in total. The SMILES string of the molecule is C=CCNC(C#N)C(C)c1ccccc1. The molecule has 78 valence electrons. The van der Waals surface area contributed by atoms with Crippen molar-refractivity contribution in [2.24, 2.45) is 0 Å². The second-order valence-corrected chi connectivity index (χ2v) is 3.50. The van der Waals surface area contributed by atoms with Crippen molar-refractivity contribution in [1.29, 1.82) is 5.26 Å². The number of nitriles is 1. The fourth-order valence-corrected chi connectivity index (χ4v) is 1.49. The van der Waals surface area contributed by atoms with Gasteiger partial charge < -0.3 is 0 Å². The van der Waals surface area contributed by atoms with E-state index in [0.29, 0.717) is 6.54 Å². The van der Waals surface area contributed by atoms with Crippen LogP contribution in [-0.4, -0.2) is 12.6 Å². The third kappa shape index (κ3) is 3.23. The lowest BCUT2D eigenvalue weighted by molar-refractivity contribution is 0.559. The highest BCUT2D eigenvalue weighted by Crippen LogP contribution is 2.18. The van der Waals surface area contributed by atoms with E-state index < -0.39 is 0 Å². The average molecular weight is 200 g/mol. The van der Waals surface area contributed by atoms with Gasteiger partial charge in [-0.3, -0.25) is 5.32 Å². The fraction of sp³-hybridized carbons (Fsp3) is 0.308. The van der Waals surface area contributed by atoms with Crippen molar-refractivity contribution in [3.05, 3.63) is 48.6 Å². The summed E-state index contributed by atoms with van der Waals surface area (Å²) in [7, 11) is 0. The van der Waals surface area contributed by atoms with Gasteiger partial charge in [-0.2, -0.15) is 5.26 Å². The lowest BCUT2D eigenvalue weighted by Gasteiger charge is -2.18. The zero-order valence-electron chi connectivity index (χ0n) is 8.98. The molecule has 2 unspecified atom stereocenters. The van der Waals surface area contributed by atoms with Gasteiger partial charge in [0, 0.05) is 12.5 Å². The first-order chi connectivity index (χ1) is 7.29. The predicted octanol–water partition coefficient (Wildman–Crippen LogP) is 2.46. The molecule has 0 heterocycles. The first kappa shape index (κ1) is 11.5. The minimum Gasteiger partial charge on any atom is -0.298 e. The first-order valence-electron chi connectivity index (χ1n) is 5.08. The van der Waals surface area contributed by atoms with Crippen LogP contribution in [0.1, 0.15) is 18.4 Å². The van der Waals surface area contributed by atoms with Crippen molar-refractivity contribution in [1.82, 2.24) is 5.32 Å². The Morgan fingerprint density at radius 3 is 2.67 bits per heavy atom. The topological polar surface area (TPSA) is 35.8 Å². The highest BCUT2D eigenvalue weighted by molar-refractivity contribution is 5.22. The van der Waals surface area contributed by atoms with Crippen LogP contribution in [0.4, 0.5) is 0 Å². The van der Waals surface area contributed by atoms with Crippen molar-refractivity contribution < 1.29 is 0 Å². The zero-order chi connectivity index (χ0) is 11.1. The Labute approximate surface area is 91.2 Å². The molecule has 0 aromatic heterocycles. The lowest BCUT2D eigenvalue weighted by atomic mass is 9.94. The molecule has 0 aliphatic heterocycles. The molecule has 0 aliphatic rings. The molecular formula is C13H16N2. The summed E-state index contributed by atoms with van der Waals surface area (Å²) >= 11 is 0. The minimum absolute atomic E-state index is 0.162. The van der Waals surface area contributed by atoms with Crippen LogP contribution in [0.3, 0.4) is 0 Å². The molecule has 2 nitrogen and oxygen atoms in total. The van der Waals surface area contributed by atoms with Gasteiger partial charge >= 0.3 is 0 Å². The van der Waals surface area contributed by atoms with Gasteiger partial charge in [0.25, 0.3) is 0 Å². The molecule has 0 amide bonds. The molecular weight excluding hydrogens is 184 g/mol. The van der Waals surface area contributed by atoms with E-state index in [0.717, 1.165) is 0 Å². The molecule has 15 heavy (non-hydrogen) atoms. The average Bonchev–Trinajstić information content (AvgIpc) is 2.31. The number of nitrogens with one attached hydrogen (secondary N) is 1. The minimum atomic E-state index is -0.162. The highest BCUT2D eigenvalue weighted by Gasteiger charge is 2.16. The third-order valence-corrected chi connectivity index (χ3v) is 2.45. The van der Waals surface area contributed by atoms with Crippen LogP contribution in [0.5, 0.6) is 0 Å². The van der Waals surface area contributed by atoms with E-state index in [1.807, 2.05) is 30.3 Å². The molecule has 0 saturated carbocycles. The Kier molecular flexibility index (Phi) is 4.59. The summed E-state index contributed by atoms with van der Waals surface area (Å²) in [5.41, 5.74) is 1.18. The Bertz CT molecular complexity index is 337. The first-order valence-corrected chi connectivity index (χ1v) is 5.08. The van der Waals surface area contributed by atoms with Gasteiger partial charge in [0.1, 0.15) is 6.04 Å². The molecule has 1 aromatic rings. The van der Waals surface area contributed by atoms with Crippen molar-refractivity contribution in [3.8, 4) is 6.07 Å². The molecule has 2 heteroatoms. The summed E-state index contributed by atoms with van der Waals surface area (Å²) in [5, 5.41) is 12.2.